The van der Waals surface area contributed by atoms with Crippen molar-refractivity contribution in [2.75, 3.05) is 19.6 Å². The first-order chi connectivity index (χ1) is 8.92. The number of carbonyl (C=O) groups is 1. The van der Waals surface area contributed by atoms with Crippen molar-refractivity contribution < 1.29 is 22.4 Å². The standard InChI is InChI=1S/C12H17F3N2O2/c1-2-5-16-7-11(18)17(9-12(13,14)15)8-10-4-3-6-19-10/h3-4,6,16H,2,5,7-9H2,1H3. The van der Waals surface area contributed by atoms with Gasteiger partial charge in [0.1, 0.15) is 12.3 Å². The van der Waals surface area contributed by atoms with E-state index in [9.17, 15) is 18.0 Å². The molecule has 1 N–H and O–H groups in total. The molecule has 0 saturated heterocycles. The summed E-state index contributed by atoms with van der Waals surface area (Å²) in [6.45, 7) is 0.935. The molecular weight excluding hydrogens is 261 g/mol. The third kappa shape index (κ3) is 6.28. The van der Waals surface area contributed by atoms with Crippen molar-refractivity contribution in [2.24, 2.45) is 0 Å². The van der Waals surface area contributed by atoms with Crippen LogP contribution in [0.3, 0.4) is 0 Å². The average Bonchev–Trinajstić information content (AvgIpc) is 2.79. The van der Waals surface area contributed by atoms with E-state index in [1.54, 1.807) is 6.07 Å². The molecular formula is C12H17F3N2O2. The van der Waals surface area contributed by atoms with Gasteiger partial charge in [0.15, 0.2) is 0 Å². The van der Waals surface area contributed by atoms with Gasteiger partial charge in [0.2, 0.25) is 5.91 Å². The fourth-order valence-electron chi connectivity index (χ4n) is 1.52. The minimum absolute atomic E-state index is 0.107. The van der Waals surface area contributed by atoms with Gasteiger partial charge in [-0.1, -0.05) is 6.92 Å². The zero-order valence-corrected chi connectivity index (χ0v) is 10.7. The van der Waals surface area contributed by atoms with Gasteiger partial charge in [0, 0.05) is 0 Å². The zero-order chi connectivity index (χ0) is 14.3. The molecule has 1 aromatic heterocycles. The SMILES string of the molecule is CCCNCC(=O)N(Cc1ccco1)CC(F)(F)F. The van der Waals surface area contributed by atoms with Gasteiger partial charge in [-0.15, -0.1) is 0 Å². The van der Waals surface area contributed by atoms with E-state index in [2.05, 4.69) is 5.32 Å². The predicted octanol–water partition coefficient (Wildman–Crippen LogP) is 2.17. The van der Waals surface area contributed by atoms with E-state index in [0.29, 0.717) is 12.3 Å². The number of nitrogens with zero attached hydrogens (tertiary/aromatic N) is 1. The van der Waals surface area contributed by atoms with Crippen molar-refractivity contribution in [3.05, 3.63) is 24.2 Å². The minimum Gasteiger partial charge on any atom is -0.467 e. The smallest absolute Gasteiger partial charge is 0.406 e. The molecule has 7 heteroatoms. The van der Waals surface area contributed by atoms with E-state index < -0.39 is 18.6 Å². The van der Waals surface area contributed by atoms with E-state index in [-0.39, 0.29) is 13.1 Å². The van der Waals surface area contributed by atoms with Crippen molar-refractivity contribution in [1.82, 2.24) is 10.2 Å². The fraction of sp³-hybridized carbons (Fsp3) is 0.583. The maximum atomic E-state index is 12.4. The molecule has 19 heavy (non-hydrogen) atoms. The molecule has 1 aromatic rings. The summed E-state index contributed by atoms with van der Waals surface area (Å²) < 4.78 is 42.3. The average molecular weight is 278 g/mol. The van der Waals surface area contributed by atoms with Crippen LogP contribution in [0.4, 0.5) is 13.2 Å². The molecule has 0 saturated carbocycles. The first-order valence-electron chi connectivity index (χ1n) is 6.00. The number of hydrogen-bond acceptors (Lipinski definition) is 3. The van der Waals surface area contributed by atoms with E-state index >= 15 is 0 Å². The van der Waals surface area contributed by atoms with Gasteiger partial charge in [0.25, 0.3) is 0 Å². The molecule has 0 spiro atoms. The number of hydrogen-bond donors (Lipinski definition) is 1. The molecule has 0 unspecified atom stereocenters. The van der Waals surface area contributed by atoms with Crippen LogP contribution >= 0.6 is 0 Å². The molecule has 0 aliphatic rings. The Morgan fingerprint density at radius 3 is 2.74 bits per heavy atom. The van der Waals surface area contributed by atoms with Crippen molar-refractivity contribution in [3.8, 4) is 0 Å². The Labute approximate surface area is 109 Å². The van der Waals surface area contributed by atoms with Crippen LogP contribution in [0.5, 0.6) is 0 Å². The van der Waals surface area contributed by atoms with Gasteiger partial charge >= 0.3 is 6.18 Å². The predicted molar refractivity (Wildman–Crippen MR) is 63.3 cm³/mol. The minimum atomic E-state index is -4.42. The first-order valence-corrected chi connectivity index (χ1v) is 6.00. The van der Waals surface area contributed by atoms with Gasteiger partial charge in [0.05, 0.1) is 19.4 Å². The number of halogens is 3. The number of rotatable bonds is 7. The summed E-state index contributed by atoms with van der Waals surface area (Å²) in [6, 6.07) is 3.11. The Morgan fingerprint density at radius 2 is 2.21 bits per heavy atom. The molecule has 0 aromatic carbocycles. The van der Waals surface area contributed by atoms with Crippen molar-refractivity contribution in [1.29, 1.82) is 0 Å². The second-order valence-corrected chi connectivity index (χ2v) is 4.12. The Bertz CT molecular complexity index is 377. The van der Waals surface area contributed by atoms with Crippen LogP contribution in [0.2, 0.25) is 0 Å². The van der Waals surface area contributed by atoms with Crippen LogP contribution in [0.25, 0.3) is 0 Å². The molecule has 1 heterocycles. The maximum Gasteiger partial charge on any atom is 0.406 e. The Hall–Kier alpha value is -1.50. The van der Waals surface area contributed by atoms with Crippen LogP contribution in [-0.2, 0) is 11.3 Å². The zero-order valence-electron chi connectivity index (χ0n) is 10.7. The van der Waals surface area contributed by atoms with Gasteiger partial charge in [-0.05, 0) is 25.1 Å². The van der Waals surface area contributed by atoms with E-state index in [1.165, 1.54) is 12.3 Å². The largest absolute Gasteiger partial charge is 0.467 e. The number of furan rings is 1. The van der Waals surface area contributed by atoms with E-state index in [4.69, 9.17) is 4.42 Å². The molecule has 0 bridgehead atoms. The third-order valence-corrected chi connectivity index (χ3v) is 2.35. The van der Waals surface area contributed by atoms with Gasteiger partial charge in [-0.3, -0.25) is 4.79 Å². The van der Waals surface area contributed by atoms with Crippen molar-refractivity contribution in [2.45, 2.75) is 26.1 Å². The van der Waals surface area contributed by atoms with E-state index in [0.717, 1.165) is 11.3 Å². The first kappa shape index (κ1) is 15.6. The van der Waals surface area contributed by atoms with E-state index in [1.807, 2.05) is 6.92 Å². The van der Waals surface area contributed by atoms with Crippen LogP contribution in [-0.4, -0.2) is 36.6 Å². The normalized spacial score (nSPS) is 11.6. The number of nitrogens with one attached hydrogen (secondary N) is 1. The molecule has 108 valence electrons. The molecule has 0 aliphatic carbocycles. The summed E-state index contributed by atoms with van der Waals surface area (Å²) in [5, 5.41) is 2.79. The van der Waals surface area contributed by atoms with Crippen LogP contribution in [0.1, 0.15) is 19.1 Å². The summed E-state index contributed by atoms with van der Waals surface area (Å²) in [4.78, 5) is 12.5. The van der Waals surface area contributed by atoms with Crippen molar-refractivity contribution >= 4 is 5.91 Å². The van der Waals surface area contributed by atoms with Crippen LogP contribution in [0, 0.1) is 0 Å². The number of carbonyl (C=O) groups excluding carboxylic acids is 1. The molecule has 0 fully saturated rings. The summed E-state index contributed by atoms with van der Waals surface area (Å²) in [6.07, 6.45) is -2.25. The lowest BCUT2D eigenvalue weighted by molar-refractivity contribution is -0.162. The van der Waals surface area contributed by atoms with Crippen molar-refractivity contribution in [3.63, 3.8) is 0 Å². The lowest BCUT2D eigenvalue weighted by Gasteiger charge is -2.23. The Kier molecular flexibility index (Phi) is 5.88. The highest BCUT2D eigenvalue weighted by atomic mass is 19.4. The molecule has 0 atom stereocenters. The lowest BCUT2D eigenvalue weighted by atomic mass is 10.3. The lowest BCUT2D eigenvalue weighted by Crippen LogP contribution is -2.42. The third-order valence-electron chi connectivity index (χ3n) is 2.35. The summed E-state index contributed by atoms with van der Waals surface area (Å²) in [5.74, 6) is -0.268. The second-order valence-electron chi connectivity index (χ2n) is 4.12. The monoisotopic (exact) mass is 278 g/mol. The fourth-order valence-corrected chi connectivity index (χ4v) is 1.52. The molecule has 0 aliphatic heterocycles. The van der Waals surface area contributed by atoms with Gasteiger partial charge in [-0.25, -0.2) is 0 Å². The highest BCUT2D eigenvalue weighted by Crippen LogP contribution is 2.18. The second kappa shape index (κ2) is 7.18. The van der Waals surface area contributed by atoms with Gasteiger partial charge in [-0.2, -0.15) is 13.2 Å². The summed E-state index contributed by atoms with van der Waals surface area (Å²) in [5.41, 5.74) is 0. The van der Waals surface area contributed by atoms with Crippen LogP contribution < -0.4 is 5.32 Å². The molecule has 1 rings (SSSR count). The Morgan fingerprint density at radius 1 is 1.47 bits per heavy atom. The van der Waals surface area contributed by atoms with Gasteiger partial charge < -0.3 is 14.6 Å². The molecule has 0 radical (unpaired) electrons. The summed E-state index contributed by atoms with van der Waals surface area (Å²) in [7, 11) is 0. The molecule has 1 amide bonds. The quantitative estimate of drug-likeness (QED) is 0.777. The Balaban J connectivity index is 2.60. The molecule has 4 nitrogen and oxygen atoms in total. The highest BCUT2D eigenvalue weighted by molar-refractivity contribution is 5.78. The highest BCUT2D eigenvalue weighted by Gasteiger charge is 2.33. The number of alkyl halides is 3. The topological polar surface area (TPSA) is 45.5 Å². The van der Waals surface area contributed by atoms with Crippen LogP contribution in [0.15, 0.2) is 22.8 Å². The number of amides is 1. The maximum absolute atomic E-state index is 12.4. The summed E-state index contributed by atoms with van der Waals surface area (Å²) >= 11 is 0.